The SMILES string of the molecule is C[C@@H](C1CCC(O)CC1)[C@H](N)C(=O)N1CCC(F)(F)C1. The van der Waals surface area contributed by atoms with Gasteiger partial charge in [-0.2, -0.15) is 0 Å². The number of hydrogen-bond donors (Lipinski definition) is 2. The molecule has 2 fully saturated rings. The summed E-state index contributed by atoms with van der Waals surface area (Å²) >= 11 is 0. The smallest absolute Gasteiger partial charge is 0.267 e. The number of amides is 1. The number of nitrogens with two attached hydrogens (primary N) is 1. The van der Waals surface area contributed by atoms with Crippen molar-refractivity contribution in [2.24, 2.45) is 17.6 Å². The Morgan fingerprint density at radius 1 is 1.35 bits per heavy atom. The maximum Gasteiger partial charge on any atom is 0.267 e. The fourth-order valence-electron chi connectivity index (χ4n) is 3.28. The quantitative estimate of drug-likeness (QED) is 0.825. The van der Waals surface area contributed by atoms with Gasteiger partial charge in [0, 0.05) is 13.0 Å². The minimum Gasteiger partial charge on any atom is -0.393 e. The molecule has 2 aliphatic rings. The second kappa shape index (κ2) is 5.93. The van der Waals surface area contributed by atoms with Crippen molar-refractivity contribution in [1.82, 2.24) is 4.90 Å². The summed E-state index contributed by atoms with van der Waals surface area (Å²) in [6.45, 7) is 1.50. The van der Waals surface area contributed by atoms with Crippen LogP contribution in [0, 0.1) is 11.8 Å². The molecule has 0 aromatic rings. The van der Waals surface area contributed by atoms with Crippen molar-refractivity contribution >= 4 is 5.91 Å². The highest BCUT2D eigenvalue weighted by Crippen LogP contribution is 2.33. The molecule has 0 aromatic heterocycles. The number of nitrogens with zero attached hydrogens (tertiary/aromatic N) is 1. The summed E-state index contributed by atoms with van der Waals surface area (Å²) in [5, 5.41) is 9.50. The summed E-state index contributed by atoms with van der Waals surface area (Å²) in [6, 6.07) is -0.718. The molecule has 1 aliphatic heterocycles. The molecule has 6 heteroatoms. The molecule has 0 unspecified atom stereocenters. The van der Waals surface area contributed by atoms with E-state index >= 15 is 0 Å². The van der Waals surface area contributed by atoms with Gasteiger partial charge in [-0.1, -0.05) is 6.92 Å². The fourth-order valence-corrected chi connectivity index (χ4v) is 3.28. The van der Waals surface area contributed by atoms with Crippen LogP contribution in [0.1, 0.15) is 39.0 Å². The number of halogens is 2. The van der Waals surface area contributed by atoms with Crippen LogP contribution in [0.4, 0.5) is 8.78 Å². The Hall–Kier alpha value is -0.750. The number of hydrogen-bond acceptors (Lipinski definition) is 3. The van der Waals surface area contributed by atoms with Gasteiger partial charge in [0.2, 0.25) is 5.91 Å². The molecule has 1 aliphatic carbocycles. The maximum atomic E-state index is 13.2. The van der Waals surface area contributed by atoms with Crippen molar-refractivity contribution in [3.8, 4) is 0 Å². The molecular formula is C14H24F2N2O2. The first-order chi connectivity index (χ1) is 9.30. The minimum atomic E-state index is -2.77. The van der Waals surface area contributed by atoms with Crippen molar-refractivity contribution in [3.63, 3.8) is 0 Å². The highest BCUT2D eigenvalue weighted by molar-refractivity contribution is 5.82. The number of aliphatic hydroxyl groups excluding tert-OH is 1. The molecule has 1 amide bonds. The van der Waals surface area contributed by atoms with E-state index in [1.165, 1.54) is 4.90 Å². The van der Waals surface area contributed by atoms with E-state index in [-0.39, 0.29) is 30.9 Å². The highest BCUT2D eigenvalue weighted by atomic mass is 19.3. The van der Waals surface area contributed by atoms with Gasteiger partial charge < -0.3 is 15.7 Å². The number of carbonyl (C=O) groups is 1. The van der Waals surface area contributed by atoms with Crippen molar-refractivity contribution in [3.05, 3.63) is 0 Å². The molecule has 2 atom stereocenters. The van der Waals surface area contributed by atoms with Crippen molar-refractivity contribution in [2.45, 2.75) is 57.1 Å². The number of rotatable bonds is 3. The molecule has 4 nitrogen and oxygen atoms in total. The largest absolute Gasteiger partial charge is 0.393 e. The third-order valence-electron chi connectivity index (χ3n) is 4.82. The maximum absolute atomic E-state index is 13.2. The number of carbonyl (C=O) groups excluding carboxylic acids is 1. The normalized spacial score (nSPS) is 33.0. The van der Waals surface area contributed by atoms with Gasteiger partial charge in [0.05, 0.1) is 18.7 Å². The van der Waals surface area contributed by atoms with Gasteiger partial charge in [-0.3, -0.25) is 4.79 Å². The van der Waals surface area contributed by atoms with Crippen LogP contribution in [0.5, 0.6) is 0 Å². The van der Waals surface area contributed by atoms with E-state index < -0.39 is 18.5 Å². The van der Waals surface area contributed by atoms with Crippen LogP contribution in [-0.4, -0.2) is 47.1 Å². The molecule has 20 heavy (non-hydrogen) atoms. The molecule has 0 spiro atoms. The van der Waals surface area contributed by atoms with Crippen LogP contribution < -0.4 is 5.73 Å². The van der Waals surface area contributed by atoms with E-state index in [4.69, 9.17) is 5.73 Å². The fraction of sp³-hybridized carbons (Fsp3) is 0.929. The third-order valence-corrected chi connectivity index (χ3v) is 4.82. The van der Waals surface area contributed by atoms with E-state index in [0.29, 0.717) is 5.92 Å². The predicted octanol–water partition coefficient (Wildman–Crippen LogP) is 1.37. The standard InChI is InChI=1S/C14H24F2N2O2/c1-9(10-2-4-11(19)5-3-10)12(17)13(20)18-7-6-14(15,16)8-18/h9-12,19H,2-8,17H2,1H3/t9-,10?,11?,12-/m0/s1. The first-order valence-electron chi connectivity index (χ1n) is 7.40. The van der Waals surface area contributed by atoms with Gasteiger partial charge in [0.15, 0.2) is 0 Å². The molecule has 0 radical (unpaired) electrons. The van der Waals surface area contributed by atoms with Gasteiger partial charge in [-0.05, 0) is 37.5 Å². The van der Waals surface area contributed by atoms with Crippen LogP contribution in [0.3, 0.4) is 0 Å². The van der Waals surface area contributed by atoms with E-state index in [9.17, 15) is 18.7 Å². The Balaban J connectivity index is 1.90. The first kappa shape index (κ1) is 15.6. The number of aliphatic hydroxyl groups is 1. The van der Waals surface area contributed by atoms with Gasteiger partial charge in [0.25, 0.3) is 5.92 Å². The number of likely N-dealkylation sites (tertiary alicyclic amines) is 1. The third kappa shape index (κ3) is 3.47. The summed E-state index contributed by atoms with van der Waals surface area (Å²) < 4.78 is 26.3. The molecule has 0 aromatic carbocycles. The summed E-state index contributed by atoms with van der Waals surface area (Å²) in [6.07, 6.45) is 2.65. The predicted molar refractivity (Wildman–Crippen MR) is 71.2 cm³/mol. The number of alkyl halides is 2. The zero-order chi connectivity index (χ0) is 14.9. The van der Waals surface area contributed by atoms with Crippen molar-refractivity contribution in [2.75, 3.05) is 13.1 Å². The molecule has 1 saturated heterocycles. The van der Waals surface area contributed by atoms with Crippen LogP contribution in [-0.2, 0) is 4.79 Å². The molecule has 3 N–H and O–H groups in total. The monoisotopic (exact) mass is 290 g/mol. The van der Waals surface area contributed by atoms with Crippen LogP contribution in [0.2, 0.25) is 0 Å². The highest BCUT2D eigenvalue weighted by Gasteiger charge is 2.42. The molecule has 1 saturated carbocycles. The van der Waals surface area contributed by atoms with E-state index in [0.717, 1.165) is 25.7 Å². The zero-order valence-corrected chi connectivity index (χ0v) is 11.9. The molecule has 1 heterocycles. The van der Waals surface area contributed by atoms with Crippen LogP contribution in [0.25, 0.3) is 0 Å². The average Bonchev–Trinajstić information content (AvgIpc) is 2.77. The Kier molecular flexibility index (Phi) is 4.64. The lowest BCUT2D eigenvalue weighted by molar-refractivity contribution is -0.134. The minimum absolute atomic E-state index is 0.0378. The van der Waals surface area contributed by atoms with Crippen molar-refractivity contribution < 1.29 is 18.7 Å². The Morgan fingerprint density at radius 2 is 1.95 bits per heavy atom. The van der Waals surface area contributed by atoms with Gasteiger partial charge in [-0.25, -0.2) is 8.78 Å². The van der Waals surface area contributed by atoms with E-state index in [2.05, 4.69) is 0 Å². The Labute approximate surface area is 118 Å². The lowest BCUT2D eigenvalue weighted by Crippen LogP contribution is -2.49. The summed E-state index contributed by atoms with van der Waals surface area (Å²) in [7, 11) is 0. The van der Waals surface area contributed by atoms with Crippen LogP contribution >= 0.6 is 0 Å². The van der Waals surface area contributed by atoms with E-state index in [1.54, 1.807) is 0 Å². The Morgan fingerprint density at radius 3 is 2.45 bits per heavy atom. The average molecular weight is 290 g/mol. The van der Waals surface area contributed by atoms with Gasteiger partial charge in [0.1, 0.15) is 0 Å². The summed E-state index contributed by atoms with van der Waals surface area (Å²) in [5.74, 6) is -2.88. The summed E-state index contributed by atoms with van der Waals surface area (Å²) in [4.78, 5) is 13.4. The second-order valence-corrected chi connectivity index (χ2v) is 6.32. The zero-order valence-electron chi connectivity index (χ0n) is 11.9. The lowest BCUT2D eigenvalue weighted by atomic mass is 9.76. The molecule has 2 rings (SSSR count). The summed E-state index contributed by atoms with van der Waals surface area (Å²) in [5.41, 5.74) is 6.00. The topological polar surface area (TPSA) is 66.6 Å². The van der Waals surface area contributed by atoms with Crippen molar-refractivity contribution in [1.29, 1.82) is 0 Å². The molecule has 0 bridgehead atoms. The Bertz CT molecular complexity index is 357. The van der Waals surface area contributed by atoms with E-state index in [1.807, 2.05) is 6.92 Å². The van der Waals surface area contributed by atoms with Crippen LogP contribution in [0.15, 0.2) is 0 Å². The van der Waals surface area contributed by atoms with Gasteiger partial charge >= 0.3 is 0 Å². The van der Waals surface area contributed by atoms with Gasteiger partial charge in [-0.15, -0.1) is 0 Å². The second-order valence-electron chi connectivity index (χ2n) is 6.32. The lowest BCUT2D eigenvalue weighted by Gasteiger charge is -2.34. The molecular weight excluding hydrogens is 266 g/mol. The first-order valence-corrected chi connectivity index (χ1v) is 7.40. The molecule has 116 valence electrons.